The number of alkyl halides is 3. The number of nitrogens with one attached hydrogen (secondary N) is 3. The van der Waals surface area contributed by atoms with Gasteiger partial charge < -0.3 is 20.7 Å². The van der Waals surface area contributed by atoms with Crippen molar-refractivity contribution in [3.05, 3.63) is 125 Å². The van der Waals surface area contributed by atoms with E-state index in [1.165, 1.54) is 30.5 Å². The summed E-state index contributed by atoms with van der Waals surface area (Å²) >= 11 is 0. The van der Waals surface area contributed by atoms with E-state index < -0.39 is 58.5 Å². The molecule has 1 aromatic heterocycles. The van der Waals surface area contributed by atoms with E-state index in [9.17, 15) is 35.9 Å². The van der Waals surface area contributed by atoms with Gasteiger partial charge in [0.1, 0.15) is 29.0 Å². The summed E-state index contributed by atoms with van der Waals surface area (Å²) in [6, 6.07) is 12.5. The van der Waals surface area contributed by atoms with E-state index >= 15 is 4.39 Å². The average Bonchev–Trinajstić information content (AvgIpc) is 3.03. The molecular weight excluding hydrogens is 645 g/mol. The number of anilines is 1. The molecule has 14 heteroatoms. The van der Waals surface area contributed by atoms with Crippen LogP contribution in [0.15, 0.2) is 79.1 Å². The number of ether oxygens (including phenoxy) is 1. The molecule has 0 radical (unpaired) electrons. The van der Waals surface area contributed by atoms with Gasteiger partial charge >= 0.3 is 6.36 Å². The summed E-state index contributed by atoms with van der Waals surface area (Å²) in [5.41, 5.74) is -0.918. The molecule has 5 rings (SSSR count). The molecule has 1 aliphatic heterocycles. The second kappa shape index (κ2) is 14.5. The number of carbonyl (C=O) groups excluding carboxylic acids is 2. The second-order valence-corrected chi connectivity index (χ2v) is 11.3. The van der Waals surface area contributed by atoms with Crippen LogP contribution in [0.4, 0.5) is 36.4 Å². The second-order valence-electron chi connectivity index (χ2n) is 11.3. The molecule has 1 aliphatic rings. The minimum Gasteiger partial charge on any atom is -0.406 e. The smallest absolute Gasteiger partial charge is 0.406 e. The van der Waals surface area contributed by atoms with Crippen molar-refractivity contribution in [1.29, 1.82) is 0 Å². The third-order valence-corrected chi connectivity index (χ3v) is 7.99. The molecular formula is C34H29F7N4O3. The van der Waals surface area contributed by atoms with Crippen LogP contribution in [-0.4, -0.2) is 48.2 Å². The van der Waals surface area contributed by atoms with Crippen molar-refractivity contribution in [1.82, 2.24) is 15.6 Å². The average molecular weight is 675 g/mol. The molecule has 2 atom stereocenters. The number of hydrogen-bond donors (Lipinski definition) is 3. The topological polar surface area (TPSA) is 92.4 Å². The number of benzene rings is 3. The van der Waals surface area contributed by atoms with E-state index in [2.05, 4.69) is 25.7 Å². The van der Waals surface area contributed by atoms with Crippen LogP contribution in [0.1, 0.15) is 45.8 Å². The minimum atomic E-state index is -4.96. The molecule has 0 spiro atoms. The van der Waals surface area contributed by atoms with Gasteiger partial charge in [0.15, 0.2) is 5.78 Å². The molecule has 48 heavy (non-hydrogen) atoms. The highest BCUT2D eigenvalue weighted by atomic mass is 19.4. The number of Topliss-reactive ketones (excluding diaryl/α,β-unsaturated/α-hetero) is 1. The van der Waals surface area contributed by atoms with Crippen molar-refractivity contribution in [3.63, 3.8) is 0 Å². The van der Waals surface area contributed by atoms with E-state index in [1.54, 1.807) is 0 Å². The van der Waals surface area contributed by atoms with E-state index in [1.807, 2.05) is 0 Å². The van der Waals surface area contributed by atoms with Crippen LogP contribution in [0.2, 0.25) is 0 Å². The van der Waals surface area contributed by atoms with Crippen molar-refractivity contribution >= 4 is 17.4 Å². The van der Waals surface area contributed by atoms with E-state index in [0.29, 0.717) is 24.7 Å². The third-order valence-electron chi connectivity index (χ3n) is 7.99. The lowest BCUT2D eigenvalue weighted by molar-refractivity contribution is -0.274. The minimum absolute atomic E-state index is 0.00202. The van der Waals surface area contributed by atoms with Crippen LogP contribution in [0.5, 0.6) is 5.75 Å². The molecule has 0 aliphatic carbocycles. The molecule has 0 bridgehead atoms. The number of carbonyl (C=O) groups is 2. The van der Waals surface area contributed by atoms with E-state index in [-0.39, 0.29) is 48.2 Å². The number of amides is 1. The molecule has 1 amide bonds. The number of rotatable bonds is 11. The number of hydrogen-bond acceptors (Lipinski definition) is 6. The Kier molecular flexibility index (Phi) is 10.4. The highest BCUT2D eigenvalue weighted by Crippen LogP contribution is 2.32. The van der Waals surface area contributed by atoms with Gasteiger partial charge in [-0.05, 0) is 60.4 Å². The lowest BCUT2D eigenvalue weighted by atomic mass is 9.82. The fourth-order valence-electron chi connectivity index (χ4n) is 5.76. The molecule has 252 valence electrons. The fourth-order valence-corrected chi connectivity index (χ4v) is 5.76. The number of nitrogens with zero attached hydrogens (tertiary/aromatic N) is 1. The maximum atomic E-state index is 15.3. The molecule has 4 aromatic rings. The Balaban J connectivity index is 1.38. The summed E-state index contributed by atoms with van der Waals surface area (Å²) < 4.78 is 99.6. The summed E-state index contributed by atoms with van der Waals surface area (Å²) in [7, 11) is 0. The standard InChI is InChI=1S/C34H29F7N4O3/c35-23-6-4-20(5-7-23)28(22-12-24(36)15-25(37)13-22)16-31(46)45-30-18-43-17-29(38)27(30)8-9-33(19-42-10-11-44-33)32(47)21-2-1-3-26(14-21)48-34(39,40)41/h1-7,12-15,17-18,28,42,44H,8-11,16,19H2,(H,45,46)/t28-,33-/m0/s1. The molecule has 2 heterocycles. The van der Waals surface area contributed by atoms with E-state index in [4.69, 9.17) is 0 Å². The lowest BCUT2D eigenvalue weighted by Gasteiger charge is -2.38. The third kappa shape index (κ3) is 8.55. The zero-order chi connectivity index (χ0) is 34.5. The van der Waals surface area contributed by atoms with Gasteiger partial charge in [-0.25, -0.2) is 17.6 Å². The van der Waals surface area contributed by atoms with Crippen LogP contribution in [0, 0.1) is 23.3 Å². The number of pyridine rings is 1. The van der Waals surface area contributed by atoms with Gasteiger partial charge in [-0.1, -0.05) is 24.3 Å². The molecule has 0 saturated carbocycles. The summed E-state index contributed by atoms with van der Waals surface area (Å²) in [6.07, 6.45) is -3.33. The molecule has 3 aromatic carbocycles. The maximum Gasteiger partial charge on any atom is 0.573 e. The van der Waals surface area contributed by atoms with Crippen molar-refractivity contribution in [3.8, 4) is 5.75 Å². The normalized spacial score (nSPS) is 17.1. The van der Waals surface area contributed by atoms with Crippen molar-refractivity contribution < 1.29 is 45.1 Å². The largest absolute Gasteiger partial charge is 0.573 e. The van der Waals surface area contributed by atoms with Crippen molar-refractivity contribution in [2.45, 2.75) is 37.1 Å². The first-order chi connectivity index (χ1) is 22.8. The first-order valence-corrected chi connectivity index (χ1v) is 14.8. The molecule has 3 N–H and O–H groups in total. The number of ketones is 1. The van der Waals surface area contributed by atoms with Gasteiger partial charge in [0, 0.05) is 49.2 Å². The monoisotopic (exact) mass is 674 g/mol. The fraction of sp³-hybridized carbons (Fsp3) is 0.265. The van der Waals surface area contributed by atoms with Gasteiger partial charge in [-0.2, -0.15) is 0 Å². The summed E-state index contributed by atoms with van der Waals surface area (Å²) in [5.74, 6) is -5.79. The molecule has 1 fully saturated rings. The summed E-state index contributed by atoms with van der Waals surface area (Å²) in [4.78, 5) is 31.0. The van der Waals surface area contributed by atoms with Gasteiger partial charge in [0.25, 0.3) is 0 Å². The van der Waals surface area contributed by atoms with Gasteiger partial charge in [0.05, 0.1) is 23.6 Å². The van der Waals surface area contributed by atoms with Gasteiger partial charge in [-0.3, -0.25) is 14.6 Å². The highest BCUT2D eigenvalue weighted by molar-refractivity contribution is 6.04. The Hall–Kier alpha value is -4.82. The van der Waals surface area contributed by atoms with Gasteiger partial charge in [-0.15, -0.1) is 13.2 Å². The zero-order valence-electron chi connectivity index (χ0n) is 25.1. The molecule has 0 unspecified atom stereocenters. The Bertz CT molecular complexity index is 1760. The van der Waals surface area contributed by atoms with Crippen molar-refractivity contribution in [2.75, 3.05) is 25.0 Å². The highest BCUT2D eigenvalue weighted by Gasteiger charge is 2.40. The number of halogens is 7. The molecule has 7 nitrogen and oxygen atoms in total. The van der Waals surface area contributed by atoms with E-state index in [0.717, 1.165) is 42.6 Å². The van der Waals surface area contributed by atoms with Crippen LogP contribution < -0.4 is 20.7 Å². The van der Waals surface area contributed by atoms with Crippen LogP contribution in [0.25, 0.3) is 0 Å². The van der Waals surface area contributed by atoms with Crippen LogP contribution >= 0.6 is 0 Å². The van der Waals surface area contributed by atoms with Crippen LogP contribution in [-0.2, 0) is 11.2 Å². The predicted octanol–water partition coefficient (Wildman–Crippen LogP) is 6.44. The van der Waals surface area contributed by atoms with Crippen LogP contribution in [0.3, 0.4) is 0 Å². The predicted molar refractivity (Wildman–Crippen MR) is 161 cm³/mol. The first-order valence-electron chi connectivity index (χ1n) is 14.8. The Morgan fingerprint density at radius 3 is 2.29 bits per heavy atom. The Morgan fingerprint density at radius 2 is 1.62 bits per heavy atom. The first kappa shape index (κ1) is 34.5. The Labute approximate surface area is 270 Å². The maximum absolute atomic E-state index is 15.3. The quantitative estimate of drug-likeness (QED) is 0.125. The molecule has 1 saturated heterocycles. The number of piperazine rings is 1. The SMILES string of the molecule is O=C(C[C@@H](c1ccc(F)cc1)c1cc(F)cc(F)c1)Nc1cncc(F)c1CC[C@@]1(C(=O)c2cccc(OC(F)(F)F)c2)CNCCN1. The summed E-state index contributed by atoms with van der Waals surface area (Å²) in [5, 5.41) is 8.83. The lowest BCUT2D eigenvalue weighted by Crippen LogP contribution is -2.63. The number of aromatic nitrogens is 1. The zero-order valence-corrected chi connectivity index (χ0v) is 25.1. The summed E-state index contributed by atoms with van der Waals surface area (Å²) in [6.45, 7) is 0.911. The van der Waals surface area contributed by atoms with Gasteiger partial charge in [0.2, 0.25) is 5.91 Å². The van der Waals surface area contributed by atoms with Crippen molar-refractivity contribution in [2.24, 2.45) is 0 Å². The Morgan fingerprint density at radius 1 is 0.896 bits per heavy atom.